The summed E-state index contributed by atoms with van der Waals surface area (Å²) in [6.07, 6.45) is -1.98. The van der Waals surface area contributed by atoms with E-state index in [-0.39, 0.29) is 11.3 Å². The van der Waals surface area contributed by atoms with Gasteiger partial charge in [0.2, 0.25) is 0 Å². The summed E-state index contributed by atoms with van der Waals surface area (Å²) < 4.78 is 48.4. The van der Waals surface area contributed by atoms with Gasteiger partial charge in [0.05, 0.1) is 11.2 Å². The van der Waals surface area contributed by atoms with Gasteiger partial charge in [0.25, 0.3) is 5.56 Å². The Labute approximate surface area is 169 Å². The highest BCUT2D eigenvalue weighted by Gasteiger charge is 2.28. The number of halogens is 3. The number of fused-ring (bicyclic) bond motifs is 1. The van der Waals surface area contributed by atoms with Crippen LogP contribution in [0, 0.1) is 0 Å². The average molecular weight is 427 g/mol. The van der Waals surface area contributed by atoms with E-state index in [1.165, 1.54) is 40.6 Å². The van der Waals surface area contributed by atoms with E-state index in [1.54, 1.807) is 12.3 Å². The number of alkyl halides is 3. The molecule has 3 aromatic rings. The number of thioether (sulfide) groups is 1. The van der Waals surface area contributed by atoms with Crippen LogP contribution in [-0.4, -0.2) is 46.3 Å². The van der Waals surface area contributed by atoms with Gasteiger partial charge in [0, 0.05) is 25.2 Å². The molecule has 156 valence electrons. The third-order valence-electron chi connectivity index (χ3n) is 3.92. The summed E-state index contributed by atoms with van der Waals surface area (Å²) in [5.74, 6) is 0.772. The Morgan fingerprint density at radius 3 is 2.66 bits per heavy atom. The zero-order valence-corrected chi connectivity index (χ0v) is 16.5. The van der Waals surface area contributed by atoms with Gasteiger partial charge in [-0.3, -0.25) is 9.36 Å². The predicted molar refractivity (Wildman–Crippen MR) is 105 cm³/mol. The standard InChI is InChI=1S/C19H20F3N3O3S/c1-2-27-10-3-11-29-18-24-15-8-9-23-16(15)17(26)25(18)13-4-6-14(7-5-13)28-12-19(20,21)22/h4-9,23H,2-3,10-12H2,1H3. The molecule has 0 radical (unpaired) electrons. The number of rotatable bonds is 9. The smallest absolute Gasteiger partial charge is 0.422 e. The first kappa shape index (κ1) is 21.3. The molecule has 2 aromatic heterocycles. The van der Waals surface area contributed by atoms with Crippen LogP contribution in [0.4, 0.5) is 13.2 Å². The van der Waals surface area contributed by atoms with Crippen molar-refractivity contribution in [1.82, 2.24) is 14.5 Å². The lowest BCUT2D eigenvalue weighted by Gasteiger charge is -2.13. The largest absolute Gasteiger partial charge is 0.484 e. The predicted octanol–water partition coefficient (Wildman–Crippen LogP) is 4.17. The molecule has 0 saturated heterocycles. The van der Waals surface area contributed by atoms with Crippen molar-refractivity contribution in [3.05, 3.63) is 46.9 Å². The number of aromatic amines is 1. The van der Waals surface area contributed by atoms with Gasteiger partial charge < -0.3 is 14.5 Å². The van der Waals surface area contributed by atoms with E-state index in [0.29, 0.717) is 40.8 Å². The molecule has 10 heteroatoms. The number of nitrogens with zero attached hydrogens (tertiary/aromatic N) is 2. The first-order valence-electron chi connectivity index (χ1n) is 8.99. The van der Waals surface area contributed by atoms with Crippen LogP contribution in [0.2, 0.25) is 0 Å². The second-order valence-electron chi connectivity index (χ2n) is 6.07. The van der Waals surface area contributed by atoms with Gasteiger partial charge in [0.15, 0.2) is 11.8 Å². The molecule has 3 rings (SSSR count). The number of nitrogens with one attached hydrogen (secondary N) is 1. The molecule has 0 unspecified atom stereocenters. The lowest BCUT2D eigenvalue weighted by molar-refractivity contribution is -0.153. The van der Waals surface area contributed by atoms with Crippen molar-refractivity contribution >= 4 is 22.8 Å². The van der Waals surface area contributed by atoms with Crippen LogP contribution in [0.25, 0.3) is 16.7 Å². The van der Waals surface area contributed by atoms with Crippen molar-refractivity contribution < 1.29 is 22.6 Å². The van der Waals surface area contributed by atoms with E-state index in [2.05, 4.69) is 9.97 Å². The summed E-state index contributed by atoms with van der Waals surface area (Å²) in [4.78, 5) is 20.4. The number of ether oxygens (including phenoxy) is 2. The quantitative estimate of drug-likeness (QED) is 0.315. The molecule has 0 spiro atoms. The molecule has 0 aliphatic heterocycles. The van der Waals surface area contributed by atoms with Crippen LogP contribution >= 0.6 is 11.8 Å². The Morgan fingerprint density at radius 2 is 1.97 bits per heavy atom. The van der Waals surface area contributed by atoms with Crippen LogP contribution in [0.5, 0.6) is 5.75 Å². The Kier molecular flexibility index (Phi) is 6.86. The summed E-state index contributed by atoms with van der Waals surface area (Å²) >= 11 is 1.42. The van der Waals surface area contributed by atoms with Crippen LogP contribution < -0.4 is 10.3 Å². The maximum atomic E-state index is 13.0. The summed E-state index contributed by atoms with van der Waals surface area (Å²) in [6, 6.07) is 7.59. The van der Waals surface area contributed by atoms with Gasteiger partial charge >= 0.3 is 6.18 Å². The minimum Gasteiger partial charge on any atom is -0.484 e. The summed E-state index contributed by atoms with van der Waals surface area (Å²) in [6.45, 7) is 1.81. The van der Waals surface area contributed by atoms with E-state index in [4.69, 9.17) is 9.47 Å². The number of aromatic nitrogens is 3. The van der Waals surface area contributed by atoms with Gasteiger partial charge in [0.1, 0.15) is 11.3 Å². The number of benzene rings is 1. The SMILES string of the molecule is CCOCCCSc1nc2cc[nH]c2c(=O)n1-c1ccc(OCC(F)(F)F)cc1. The molecule has 2 heterocycles. The Hall–Kier alpha value is -2.46. The lowest BCUT2D eigenvalue weighted by atomic mass is 10.3. The minimum atomic E-state index is -4.41. The Balaban J connectivity index is 1.87. The molecule has 0 aliphatic rings. The molecule has 0 aliphatic carbocycles. The highest BCUT2D eigenvalue weighted by Crippen LogP contribution is 2.24. The van der Waals surface area contributed by atoms with Crippen molar-refractivity contribution in [3.63, 3.8) is 0 Å². The fourth-order valence-electron chi connectivity index (χ4n) is 2.63. The van der Waals surface area contributed by atoms with Crippen molar-refractivity contribution in [1.29, 1.82) is 0 Å². The van der Waals surface area contributed by atoms with E-state index in [0.717, 1.165) is 6.42 Å². The highest BCUT2D eigenvalue weighted by atomic mass is 32.2. The van der Waals surface area contributed by atoms with Gasteiger partial charge in [-0.15, -0.1) is 0 Å². The Morgan fingerprint density at radius 1 is 1.21 bits per heavy atom. The maximum absolute atomic E-state index is 13.0. The fraction of sp³-hybridized carbons (Fsp3) is 0.368. The number of hydrogen-bond donors (Lipinski definition) is 1. The first-order valence-corrected chi connectivity index (χ1v) is 9.98. The van der Waals surface area contributed by atoms with E-state index in [1.807, 2.05) is 6.92 Å². The molecule has 0 saturated carbocycles. The molecule has 0 bridgehead atoms. The average Bonchev–Trinajstić information content (AvgIpc) is 3.15. The fourth-order valence-corrected chi connectivity index (χ4v) is 3.55. The van der Waals surface area contributed by atoms with Crippen molar-refractivity contribution in [2.45, 2.75) is 24.7 Å². The van der Waals surface area contributed by atoms with Crippen LogP contribution in [-0.2, 0) is 4.74 Å². The minimum absolute atomic E-state index is 0.0685. The lowest BCUT2D eigenvalue weighted by Crippen LogP contribution is -2.22. The van der Waals surface area contributed by atoms with E-state index < -0.39 is 12.8 Å². The molecule has 1 N–H and O–H groups in total. The van der Waals surface area contributed by atoms with Crippen LogP contribution in [0.15, 0.2) is 46.5 Å². The molecule has 1 aromatic carbocycles. The van der Waals surface area contributed by atoms with Crippen LogP contribution in [0.3, 0.4) is 0 Å². The normalized spacial score (nSPS) is 11.9. The third-order valence-corrected chi connectivity index (χ3v) is 4.94. The molecule has 6 nitrogen and oxygen atoms in total. The van der Waals surface area contributed by atoms with E-state index in [9.17, 15) is 18.0 Å². The monoisotopic (exact) mass is 427 g/mol. The van der Waals surface area contributed by atoms with Gasteiger partial charge in [-0.25, -0.2) is 4.98 Å². The summed E-state index contributed by atoms with van der Waals surface area (Å²) in [5.41, 5.74) is 1.13. The third kappa shape index (κ3) is 5.54. The zero-order chi connectivity index (χ0) is 20.9. The van der Waals surface area contributed by atoms with Gasteiger partial charge in [-0.2, -0.15) is 13.2 Å². The van der Waals surface area contributed by atoms with Gasteiger partial charge in [-0.05, 0) is 43.7 Å². The molecular formula is C19H20F3N3O3S. The van der Waals surface area contributed by atoms with Crippen LogP contribution in [0.1, 0.15) is 13.3 Å². The molecule has 0 fully saturated rings. The second kappa shape index (κ2) is 9.36. The number of H-pyrrole nitrogens is 1. The number of hydrogen-bond acceptors (Lipinski definition) is 5. The Bertz CT molecular complexity index is 1000. The van der Waals surface area contributed by atoms with Gasteiger partial charge in [-0.1, -0.05) is 11.8 Å². The van der Waals surface area contributed by atoms with Crippen molar-refractivity contribution in [3.8, 4) is 11.4 Å². The summed E-state index contributed by atoms with van der Waals surface area (Å²) in [5, 5.41) is 0.502. The molecule has 0 atom stereocenters. The topological polar surface area (TPSA) is 69.1 Å². The molecule has 29 heavy (non-hydrogen) atoms. The summed E-state index contributed by atoms with van der Waals surface area (Å²) in [7, 11) is 0. The molecular weight excluding hydrogens is 407 g/mol. The first-order chi connectivity index (χ1) is 13.9. The highest BCUT2D eigenvalue weighted by molar-refractivity contribution is 7.99. The van der Waals surface area contributed by atoms with Crippen molar-refractivity contribution in [2.24, 2.45) is 0 Å². The maximum Gasteiger partial charge on any atom is 0.422 e. The zero-order valence-electron chi connectivity index (χ0n) is 15.7. The van der Waals surface area contributed by atoms with Crippen molar-refractivity contribution in [2.75, 3.05) is 25.6 Å². The second-order valence-corrected chi connectivity index (χ2v) is 7.13. The van der Waals surface area contributed by atoms with E-state index >= 15 is 0 Å². The molecule has 0 amide bonds.